The molecule has 0 amide bonds. The lowest BCUT2D eigenvalue weighted by Gasteiger charge is -2.10. The van der Waals surface area contributed by atoms with E-state index >= 15 is 0 Å². The van der Waals surface area contributed by atoms with Crippen molar-refractivity contribution in [1.29, 1.82) is 0 Å². The van der Waals surface area contributed by atoms with Gasteiger partial charge in [0.1, 0.15) is 11.5 Å². The lowest BCUT2D eigenvalue weighted by molar-refractivity contribution is 0.501. The Morgan fingerprint density at radius 2 is 2.13 bits per heavy atom. The van der Waals surface area contributed by atoms with E-state index in [9.17, 15) is 0 Å². The van der Waals surface area contributed by atoms with E-state index < -0.39 is 0 Å². The molecule has 0 bridgehead atoms. The standard InChI is InChI=1S/C17H26N4OS/c1-5-15-11-20-16(23-15)7-8-19-17(18-6-2)21-10-14-9-12(3)22-13(14)4/h9,11H,5-8,10H2,1-4H3,(H2,18,19,21). The molecule has 6 heteroatoms. The van der Waals surface area contributed by atoms with Crippen molar-refractivity contribution < 1.29 is 4.42 Å². The van der Waals surface area contributed by atoms with Crippen LogP contribution in [-0.4, -0.2) is 24.0 Å². The van der Waals surface area contributed by atoms with Gasteiger partial charge in [-0.15, -0.1) is 11.3 Å². The molecule has 0 radical (unpaired) electrons. The maximum Gasteiger partial charge on any atom is 0.191 e. The number of nitrogens with zero attached hydrogens (tertiary/aromatic N) is 2. The van der Waals surface area contributed by atoms with Gasteiger partial charge in [-0.2, -0.15) is 0 Å². The molecule has 0 aliphatic carbocycles. The summed E-state index contributed by atoms with van der Waals surface area (Å²) in [5.41, 5.74) is 1.13. The smallest absolute Gasteiger partial charge is 0.191 e. The zero-order valence-corrected chi connectivity index (χ0v) is 15.2. The van der Waals surface area contributed by atoms with Gasteiger partial charge in [0.25, 0.3) is 0 Å². The van der Waals surface area contributed by atoms with Crippen LogP contribution in [0.5, 0.6) is 0 Å². The number of aromatic nitrogens is 1. The number of hydrogen-bond donors (Lipinski definition) is 2. The lowest BCUT2D eigenvalue weighted by Crippen LogP contribution is -2.38. The molecule has 0 aliphatic heterocycles. The number of nitrogens with one attached hydrogen (secondary N) is 2. The van der Waals surface area contributed by atoms with Crippen LogP contribution in [0.15, 0.2) is 21.7 Å². The normalized spacial score (nSPS) is 11.7. The third-order valence-corrected chi connectivity index (χ3v) is 4.68. The molecule has 23 heavy (non-hydrogen) atoms. The quantitative estimate of drug-likeness (QED) is 0.603. The summed E-state index contributed by atoms with van der Waals surface area (Å²) >= 11 is 1.79. The Morgan fingerprint density at radius 1 is 1.30 bits per heavy atom. The molecule has 0 saturated heterocycles. The third kappa shape index (κ3) is 5.39. The molecule has 0 aliphatic rings. The van der Waals surface area contributed by atoms with Crippen molar-refractivity contribution in [2.75, 3.05) is 13.1 Å². The van der Waals surface area contributed by atoms with Crippen molar-refractivity contribution in [1.82, 2.24) is 15.6 Å². The SMILES string of the molecule is CCNC(=NCc1cc(C)oc1C)NCCc1ncc(CC)s1. The van der Waals surface area contributed by atoms with Crippen LogP contribution in [0.3, 0.4) is 0 Å². The van der Waals surface area contributed by atoms with E-state index in [1.807, 2.05) is 26.1 Å². The Balaban J connectivity index is 1.87. The third-order valence-electron chi connectivity index (χ3n) is 3.48. The fourth-order valence-electron chi connectivity index (χ4n) is 2.26. The van der Waals surface area contributed by atoms with Gasteiger partial charge in [-0.3, -0.25) is 0 Å². The molecule has 0 fully saturated rings. The predicted molar refractivity (Wildman–Crippen MR) is 96.2 cm³/mol. The number of furan rings is 1. The second-order valence-corrected chi connectivity index (χ2v) is 6.58. The molecular formula is C17H26N4OS. The van der Waals surface area contributed by atoms with E-state index in [0.717, 1.165) is 49.0 Å². The number of thiazole rings is 1. The number of aliphatic imine (C=N–C) groups is 1. The van der Waals surface area contributed by atoms with Gasteiger partial charge >= 0.3 is 0 Å². The molecule has 0 spiro atoms. The van der Waals surface area contributed by atoms with Crippen LogP contribution in [0.4, 0.5) is 0 Å². The summed E-state index contributed by atoms with van der Waals surface area (Å²) < 4.78 is 5.54. The molecule has 2 aromatic heterocycles. The van der Waals surface area contributed by atoms with Gasteiger partial charge in [0.05, 0.1) is 11.6 Å². The minimum Gasteiger partial charge on any atom is -0.466 e. The van der Waals surface area contributed by atoms with E-state index in [1.165, 1.54) is 9.88 Å². The van der Waals surface area contributed by atoms with Crippen LogP contribution >= 0.6 is 11.3 Å². The summed E-state index contributed by atoms with van der Waals surface area (Å²) in [7, 11) is 0. The zero-order chi connectivity index (χ0) is 16.7. The molecule has 0 atom stereocenters. The molecule has 2 rings (SSSR count). The minimum atomic E-state index is 0.621. The molecule has 126 valence electrons. The first-order chi connectivity index (χ1) is 11.1. The highest BCUT2D eigenvalue weighted by Crippen LogP contribution is 2.15. The van der Waals surface area contributed by atoms with E-state index in [1.54, 1.807) is 11.3 Å². The molecule has 2 N–H and O–H groups in total. The first-order valence-electron chi connectivity index (χ1n) is 8.14. The van der Waals surface area contributed by atoms with Crippen LogP contribution in [0.2, 0.25) is 0 Å². The van der Waals surface area contributed by atoms with Crippen molar-refractivity contribution in [2.24, 2.45) is 4.99 Å². The Morgan fingerprint density at radius 3 is 2.74 bits per heavy atom. The highest BCUT2D eigenvalue weighted by Gasteiger charge is 2.05. The average Bonchev–Trinajstić information content (AvgIpc) is 3.11. The monoisotopic (exact) mass is 334 g/mol. The number of rotatable bonds is 7. The fourth-order valence-corrected chi connectivity index (χ4v) is 3.12. The zero-order valence-electron chi connectivity index (χ0n) is 14.4. The minimum absolute atomic E-state index is 0.621. The average molecular weight is 334 g/mol. The van der Waals surface area contributed by atoms with Gasteiger partial charge in [0.15, 0.2) is 5.96 Å². The van der Waals surface area contributed by atoms with E-state index in [2.05, 4.69) is 34.5 Å². The summed E-state index contributed by atoms with van der Waals surface area (Å²) in [6, 6.07) is 2.05. The van der Waals surface area contributed by atoms with Gasteiger partial charge < -0.3 is 15.1 Å². The van der Waals surface area contributed by atoms with Gasteiger partial charge in [-0.25, -0.2) is 9.98 Å². The lowest BCUT2D eigenvalue weighted by atomic mass is 10.2. The second-order valence-electron chi connectivity index (χ2n) is 5.38. The molecule has 5 nitrogen and oxygen atoms in total. The summed E-state index contributed by atoms with van der Waals surface area (Å²) in [6.07, 6.45) is 3.95. The number of aryl methyl sites for hydroxylation is 3. The molecule has 2 aromatic rings. The summed E-state index contributed by atoms with van der Waals surface area (Å²) in [5.74, 6) is 2.70. The Hall–Kier alpha value is -1.82. The van der Waals surface area contributed by atoms with Crippen LogP contribution in [0, 0.1) is 13.8 Å². The highest BCUT2D eigenvalue weighted by atomic mass is 32.1. The Bertz CT molecular complexity index is 645. The number of guanidine groups is 1. The van der Waals surface area contributed by atoms with E-state index in [0.29, 0.717) is 6.54 Å². The van der Waals surface area contributed by atoms with Crippen molar-refractivity contribution in [2.45, 2.75) is 47.1 Å². The van der Waals surface area contributed by atoms with E-state index in [-0.39, 0.29) is 0 Å². The van der Waals surface area contributed by atoms with Crippen molar-refractivity contribution in [3.63, 3.8) is 0 Å². The summed E-state index contributed by atoms with van der Waals surface area (Å²) in [5, 5.41) is 7.81. The molecule has 2 heterocycles. The first kappa shape index (κ1) is 17.5. The van der Waals surface area contributed by atoms with Crippen molar-refractivity contribution in [3.05, 3.63) is 39.2 Å². The Kier molecular flexibility index (Phi) is 6.65. The first-order valence-corrected chi connectivity index (χ1v) is 8.95. The van der Waals surface area contributed by atoms with Crippen LogP contribution in [0.25, 0.3) is 0 Å². The molecule has 0 aromatic carbocycles. The Labute approximate surface area is 142 Å². The predicted octanol–water partition coefficient (Wildman–Crippen LogP) is 3.21. The largest absolute Gasteiger partial charge is 0.466 e. The van der Waals surface area contributed by atoms with Crippen LogP contribution < -0.4 is 10.6 Å². The molecule has 0 saturated carbocycles. The fraction of sp³-hybridized carbons (Fsp3) is 0.529. The van der Waals surface area contributed by atoms with Crippen molar-refractivity contribution in [3.8, 4) is 0 Å². The highest BCUT2D eigenvalue weighted by molar-refractivity contribution is 7.11. The van der Waals surface area contributed by atoms with E-state index in [4.69, 9.17) is 4.42 Å². The number of hydrogen-bond acceptors (Lipinski definition) is 4. The topological polar surface area (TPSA) is 62.5 Å². The second kappa shape index (κ2) is 8.72. The van der Waals surface area contributed by atoms with Gasteiger partial charge in [-0.05, 0) is 33.3 Å². The molecular weight excluding hydrogens is 308 g/mol. The summed E-state index contributed by atoms with van der Waals surface area (Å²) in [6.45, 7) is 10.5. The summed E-state index contributed by atoms with van der Waals surface area (Å²) in [4.78, 5) is 10.4. The van der Waals surface area contributed by atoms with Crippen LogP contribution in [0.1, 0.15) is 40.8 Å². The maximum absolute atomic E-state index is 5.54. The molecule has 0 unspecified atom stereocenters. The van der Waals surface area contributed by atoms with Crippen molar-refractivity contribution >= 4 is 17.3 Å². The van der Waals surface area contributed by atoms with Gasteiger partial charge in [0.2, 0.25) is 0 Å². The van der Waals surface area contributed by atoms with Crippen LogP contribution in [-0.2, 0) is 19.4 Å². The maximum atomic E-state index is 5.54. The van der Waals surface area contributed by atoms with Gasteiger partial charge in [0, 0.05) is 36.1 Å². The van der Waals surface area contributed by atoms with Gasteiger partial charge in [-0.1, -0.05) is 6.92 Å².